The Morgan fingerprint density at radius 1 is 1.12 bits per heavy atom. The molecule has 0 aromatic heterocycles. The van der Waals surface area contributed by atoms with Crippen LogP contribution in [0.5, 0.6) is 0 Å². The number of imide groups is 1. The van der Waals surface area contributed by atoms with Gasteiger partial charge in [0.05, 0.1) is 6.54 Å². The van der Waals surface area contributed by atoms with Crippen LogP contribution in [0.4, 0.5) is 10.5 Å². The Morgan fingerprint density at radius 3 is 2.50 bits per heavy atom. The Bertz CT molecular complexity index is 554. The van der Waals surface area contributed by atoms with Gasteiger partial charge in [0.25, 0.3) is 0 Å². The minimum Gasteiger partial charge on any atom is -0.369 e. The highest BCUT2D eigenvalue weighted by molar-refractivity contribution is 5.95. The molecule has 3 amide bonds. The van der Waals surface area contributed by atoms with Crippen molar-refractivity contribution in [3.05, 3.63) is 29.8 Å². The van der Waals surface area contributed by atoms with Crippen molar-refractivity contribution in [1.82, 2.24) is 15.5 Å². The van der Waals surface area contributed by atoms with Crippen LogP contribution >= 0.6 is 0 Å². The third kappa shape index (κ3) is 5.53. The molecule has 132 valence electrons. The summed E-state index contributed by atoms with van der Waals surface area (Å²) in [5.74, 6) is -0.242. The molecule has 6 nitrogen and oxygen atoms in total. The summed E-state index contributed by atoms with van der Waals surface area (Å²) >= 11 is 0. The number of unbranched alkanes of at least 4 members (excludes halogenated alkanes) is 1. The molecule has 2 N–H and O–H groups in total. The van der Waals surface area contributed by atoms with Crippen molar-refractivity contribution in [2.45, 2.75) is 26.7 Å². The van der Waals surface area contributed by atoms with Gasteiger partial charge in [-0.05, 0) is 25.0 Å². The zero-order chi connectivity index (χ0) is 17.4. The number of para-hydroxylation sites is 1. The standard InChI is InChI=1S/C18H28N4O2/c1-3-4-9-19-18(24)20-17(23)14-21-10-12-22(13-11-21)16-8-6-5-7-15(16)2/h5-8H,3-4,9-14H2,1-2H3,(H2,19,20,23,24). The number of carbonyl (C=O) groups is 2. The minimum absolute atomic E-state index is 0.242. The van der Waals surface area contributed by atoms with Gasteiger partial charge in [0.2, 0.25) is 5.91 Å². The fraction of sp³-hybridized carbons (Fsp3) is 0.556. The third-order valence-corrected chi connectivity index (χ3v) is 4.26. The third-order valence-electron chi connectivity index (χ3n) is 4.26. The summed E-state index contributed by atoms with van der Waals surface area (Å²) in [6.07, 6.45) is 1.93. The summed E-state index contributed by atoms with van der Waals surface area (Å²) in [6, 6.07) is 7.96. The molecule has 0 aliphatic carbocycles. The molecule has 0 unspecified atom stereocenters. The van der Waals surface area contributed by atoms with E-state index in [1.165, 1.54) is 11.3 Å². The molecule has 0 spiro atoms. The smallest absolute Gasteiger partial charge is 0.321 e. The van der Waals surface area contributed by atoms with E-state index < -0.39 is 6.03 Å². The predicted molar refractivity (Wildman–Crippen MR) is 96.3 cm³/mol. The summed E-state index contributed by atoms with van der Waals surface area (Å²) in [6.45, 7) is 8.46. The number of carbonyl (C=O) groups excluding carboxylic acids is 2. The van der Waals surface area contributed by atoms with Gasteiger partial charge in [0.1, 0.15) is 0 Å². The van der Waals surface area contributed by atoms with E-state index in [0.717, 1.165) is 39.0 Å². The van der Waals surface area contributed by atoms with Gasteiger partial charge >= 0.3 is 6.03 Å². The Labute approximate surface area is 144 Å². The summed E-state index contributed by atoms with van der Waals surface area (Å²) < 4.78 is 0. The van der Waals surface area contributed by atoms with Crippen LogP contribution < -0.4 is 15.5 Å². The minimum atomic E-state index is -0.396. The zero-order valence-electron chi connectivity index (χ0n) is 14.7. The largest absolute Gasteiger partial charge is 0.369 e. The fourth-order valence-corrected chi connectivity index (χ4v) is 2.86. The van der Waals surface area contributed by atoms with Crippen molar-refractivity contribution >= 4 is 17.6 Å². The van der Waals surface area contributed by atoms with Crippen molar-refractivity contribution in [3.63, 3.8) is 0 Å². The first-order valence-corrected chi connectivity index (χ1v) is 8.70. The summed E-state index contributed by atoms with van der Waals surface area (Å²) in [5, 5.41) is 5.08. The second kappa shape index (κ2) is 9.27. The van der Waals surface area contributed by atoms with E-state index in [0.29, 0.717) is 6.54 Å². The summed E-state index contributed by atoms with van der Waals surface area (Å²) in [4.78, 5) is 27.9. The molecule has 2 rings (SSSR count). The highest BCUT2D eigenvalue weighted by Gasteiger charge is 2.20. The molecule has 0 atom stereocenters. The van der Waals surface area contributed by atoms with Crippen molar-refractivity contribution in [2.24, 2.45) is 0 Å². The maximum Gasteiger partial charge on any atom is 0.321 e. The molecule has 1 aromatic rings. The number of urea groups is 1. The lowest BCUT2D eigenvalue weighted by atomic mass is 10.1. The van der Waals surface area contributed by atoms with E-state index in [9.17, 15) is 9.59 Å². The van der Waals surface area contributed by atoms with E-state index in [2.05, 4.69) is 52.5 Å². The van der Waals surface area contributed by atoms with Gasteiger partial charge in [-0.25, -0.2) is 4.79 Å². The number of nitrogens with zero attached hydrogens (tertiary/aromatic N) is 2. The first-order valence-electron chi connectivity index (χ1n) is 8.70. The summed E-state index contributed by atoms with van der Waals surface area (Å²) in [5.41, 5.74) is 2.53. The SMILES string of the molecule is CCCCNC(=O)NC(=O)CN1CCN(c2ccccc2C)CC1. The molecule has 0 saturated carbocycles. The zero-order valence-corrected chi connectivity index (χ0v) is 14.7. The predicted octanol–water partition coefficient (Wildman–Crippen LogP) is 1.74. The number of hydrogen-bond acceptors (Lipinski definition) is 4. The van der Waals surface area contributed by atoms with E-state index in [4.69, 9.17) is 0 Å². The average Bonchev–Trinajstić information content (AvgIpc) is 2.56. The molecule has 1 aliphatic rings. The normalized spacial score (nSPS) is 15.2. The number of hydrogen-bond donors (Lipinski definition) is 2. The van der Waals surface area contributed by atoms with Crippen LogP contribution in [0, 0.1) is 6.92 Å². The number of benzene rings is 1. The van der Waals surface area contributed by atoms with E-state index in [-0.39, 0.29) is 12.5 Å². The first kappa shape index (κ1) is 18.3. The lowest BCUT2D eigenvalue weighted by Crippen LogP contribution is -2.51. The molecule has 1 aliphatic heterocycles. The number of anilines is 1. The van der Waals surface area contributed by atoms with Gasteiger partial charge < -0.3 is 10.2 Å². The highest BCUT2D eigenvalue weighted by atomic mass is 16.2. The molecule has 24 heavy (non-hydrogen) atoms. The number of rotatable bonds is 6. The maximum absolute atomic E-state index is 11.9. The Hall–Kier alpha value is -2.08. The fourth-order valence-electron chi connectivity index (χ4n) is 2.86. The van der Waals surface area contributed by atoms with Gasteiger partial charge in [-0.2, -0.15) is 0 Å². The number of piperazine rings is 1. The molecule has 1 saturated heterocycles. The molecule has 1 aromatic carbocycles. The van der Waals surface area contributed by atoms with Gasteiger partial charge in [0.15, 0.2) is 0 Å². The molecule has 1 heterocycles. The van der Waals surface area contributed by atoms with Gasteiger partial charge in [0, 0.05) is 38.4 Å². The second-order valence-corrected chi connectivity index (χ2v) is 6.21. The Morgan fingerprint density at radius 2 is 1.83 bits per heavy atom. The van der Waals surface area contributed by atoms with Gasteiger partial charge in [-0.15, -0.1) is 0 Å². The van der Waals surface area contributed by atoms with Crippen molar-refractivity contribution < 1.29 is 9.59 Å². The van der Waals surface area contributed by atoms with Crippen LogP contribution in [-0.2, 0) is 4.79 Å². The Balaban J connectivity index is 1.72. The molecule has 0 radical (unpaired) electrons. The average molecular weight is 332 g/mol. The van der Waals surface area contributed by atoms with E-state index >= 15 is 0 Å². The molecule has 6 heteroatoms. The summed E-state index contributed by atoms with van der Waals surface area (Å²) in [7, 11) is 0. The molecular weight excluding hydrogens is 304 g/mol. The van der Waals surface area contributed by atoms with Crippen LogP contribution in [0.1, 0.15) is 25.3 Å². The second-order valence-electron chi connectivity index (χ2n) is 6.21. The van der Waals surface area contributed by atoms with E-state index in [1.54, 1.807) is 0 Å². The van der Waals surface area contributed by atoms with Gasteiger partial charge in [-0.1, -0.05) is 31.5 Å². The Kier molecular flexibility index (Phi) is 7.06. The van der Waals surface area contributed by atoms with Crippen LogP contribution in [0.25, 0.3) is 0 Å². The quantitative estimate of drug-likeness (QED) is 0.779. The number of aryl methyl sites for hydroxylation is 1. The lowest BCUT2D eigenvalue weighted by Gasteiger charge is -2.36. The van der Waals surface area contributed by atoms with E-state index in [1.807, 2.05) is 6.07 Å². The van der Waals surface area contributed by atoms with Crippen LogP contribution in [0.15, 0.2) is 24.3 Å². The molecule has 1 fully saturated rings. The molecular formula is C18H28N4O2. The van der Waals surface area contributed by atoms with Crippen LogP contribution in [0.2, 0.25) is 0 Å². The highest BCUT2D eigenvalue weighted by Crippen LogP contribution is 2.20. The van der Waals surface area contributed by atoms with Gasteiger partial charge in [-0.3, -0.25) is 15.0 Å². The number of nitrogens with one attached hydrogen (secondary N) is 2. The van der Waals surface area contributed by atoms with Crippen molar-refractivity contribution in [2.75, 3.05) is 44.2 Å². The van der Waals surface area contributed by atoms with Crippen LogP contribution in [-0.4, -0.2) is 56.1 Å². The topological polar surface area (TPSA) is 64.7 Å². The van der Waals surface area contributed by atoms with Crippen LogP contribution in [0.3, 0.4) is 0 Å². The van der Waals surface area contributed by atoms with Crippen molar-refractivity contribution in [3.8, 4) is 0 Å². The lowest BCUT2D eigenvalue weighted by molar-refractivity contribution is -0.121. The first-order chi connectivity index (χ1) is 11.6. The van der Waals surface area contributed by atoms with Crippen molar-refractivity contribution in [1.29, 1.82) is 0 Å². The monoisotopic (exact) mass is 332 g/mol. The molecule has 0 bridgehead atoms. The maximum atomic E-state index is 11.9. The number of amides is 3.